The van der Waals surface area contributed by atoms with E-state index in [9.17, 15) is 0 Å². The molecule has 0 radical (unpaired) electrons. The van der Waals surface area contributed by atoms with Gasteiger partial charge in [0.15, 0.2) is 0 Å². The Morgan fingerprint density at radius 1 is 1.23 bits per heavy atom. The summed E-state index contributed by atoms with van der Waals surface area (Å²) in [6.45, 7) is 9.67. The lowest BCUT2D eigenvalue weighted by atomic mass is 9.99. The van der Waals surface area contributed by atoms with Crippen molar-refractivity contribution in [3.05, 3.63) is 0 Å². The first-order valence-corrected chi connectivity index (χ1v) is 5.97. The summed E-state index contributed by atoms with van der Waals surface area (Å²) < 4.78 is 5.75. The van der Waals surface area contributed by atoms with Gasteiger partial charge in [-0.05, 0) is 30.9 Å². The number of thiol groups is 1. The van der Waals surface area contributed by atoms with Crippen LogP contribution in [-0.2, 0) is 4.74 Å². The topological polar surface area (TPSA) is 9.23 Å². The van der Waals surface area contributed by atoms with Crippen molar-refractivity contribution in [1.29, 1.82) is 0 Å². The van der Waals surface area contributed by atoms with Gasteiger partial charge in [-0.25, -0.2) is 0 Å². The van der Waals surface area contributed by atoms with Gasteiger partial charge in [0.2, 0.25) is 0 Å². The molecule has 0 saturated heterocycles. The minimum absolute atomic E-state index is 0.408. The van der Waals surface area contributed by atoms with Crippen LogP contribution in [0.15, 0.2) is 0 Å². The van der Waals surface area contributed by atoms with Crippen LogP contribution in [-0.4, -0.2) is 18.5 Å². The smallest absolute Gasteiger partial charge is 0.0547 e. The molecule has 13 heavy (non-hydrogen) atoms. The van der Waals surface area contributed by atoms with Gasteiger partial charge in [0, 0.05) is 0 Å². The van der Waals surface area contributed by atoms with Gasteiger partial charge in [-0.3, -0.25) is 0 Å². The zero-order valence-electron chi connectivity index (χ0n) is 9.42. The Bertz CT molecular complexity index is 115. The summed E-state index contributed by atoms with van der Waals surface area (Å²) >= 11 is 4.33. The second kappa shape index (κ2) is 7.69. The van der Waals surface area contributed by atoms with Gasteiger partial charge in [-0.15, -0.1) is 0 Å². The summed E-state index contributed by atoms with van der Waals surface area (Å²) in [6, 6.07) is 0. The molecular weight excluding hydrogens is 180 g/mol. The lowest BCUT2D eigenvalue weighted by Gasteiger charge is -2.21. The fourth-order valence-electron chi connectivity index (χ4n) is 1.23. The van der Waals surface area contributed by atoms with E-state index in [-0.39, 0.29) is 0 Å². The fraction of sp³-hybridized carbons (Fsp3) is 1.00. The molecule has 0 aliphatic heterocycles. The summed E-state index contributed by atoms with van der Waals surface area (Å²) in [5, 5.41) is 0. The van der Waals surface area contributed by atoms with Crippen LogP contribution in [0.1, 0.15) is 40.5 Å². The summed E-state index contributed by atoms with van der Waals surface area (Å²) in [7, 11) is 0. The van der Waals surface area contributed by atoms with Crippen LogP contribution in [0.2, 0.25) is 0 Å². The molecular formula is C11H24OS. The molecule has 0 aliphatic rings. The van der Waals surface area contributed by atoms with Crippen LogP contribution in [0.3, 0.4) is 0 Å². The maximum atomic E-state index is 5.75. The highest BCUT2D eigenvalue weighted by Gasteiger charge is 2.12. The average molecular weight is 204 g/mol. The van der Waals surface area contributed by atoms with E-state index in [4.69, 9.17) is 4.74 Å². The summed E-state index contributed by atoms with van der Waals surface area (Å²) in [5.41, 5.74) is 0. The van der Waals surface area contributed by atoms with Crippen molar-refractivity contribution in [3.8, 4) is 0 Å². The van der Waals surface area contributed by atoms with E-state index in [0.717, 1.165) is 18.8 Å². The molecule has 0 aromatic carbocycles. The maximum Gasteiger partial charge on any atom is 0.0547 e. The minimum Gasteiger partial charge on any atom is -0.378 e. The quantitative estimate of drug-likeness (QED) is 0.625. The van der Waals surface area contributed by atoms with E-state index < -0.39 is 0 Å². The second-order valence-electron chi connectivity index (χ2n) is 4.12. The van der Waals surface area contributed by atoms with Crippen molar-refractivity contribution in [2.45, 2.75) is 46.6 Å². The van der Waals surface area contributed by atoms with Crippen LogP contribution in [0.25, 0.3) is 0 Å². The molecule has 2 unspecified atom stereocenters. The fourth-order valence-corrected chi connectivity index (χ4v) is 1.76. The van der Waals surface area contributed by atoms with Gasteiger partial charge in [0.1, 0.15) is 0 Å². The van der Waals surface area contributed by atoms with Crippen LogP contribution in [0.4, 0.5) is 0 Å². The standard InChI is InChI=1S/C11H24OS/c1-5-6-10(4)12-7-11(8-13)9(2)3/h9-11,13H,5-8H2,1-4H3. The van der Waals surface area contributed by atoms with E-state index in [1.165, 1.54) is 6.42 Å². The van der Waals surface area contributed by atoms with Crippen molar-refractivity contribution < 1.29 is 4.74 Å². The summed E-state index contributed by atoms with van der Waals surface area (Å²) in [6.07, 6.45) is 2.78. The normalized spacial score (nSPS) is 16.2. The van der Waals surface area contributed by atoms with Crippen LogP contribution in [0, 0.1) is 11.8 Å². The van der Waals surface area contributed by atoms with Gasteiger partial charge < -0.3 is 4.74 Å². The lowest BCUT2D eigenvalue weighted by Crippen LogP contribution is -2.21. The number of hydrogen-bond donors (Lipinski definition) is 1. The predicted octanol–water partition coefficient (Wildman–Crippen LogP) is 3.39. The Kier molecular flexibility index (Phi) is 7.87. The van der Waals surface area contributed by atoms with Gasteiger partial charge in [0.25, 0.3) is 0 Å². The third-order valence-corrected chi connectivity index (χ3v) is 2.94. The molecule has 0 aromatic rings. The Morgan fingerprint density at radius 2 is 1.85 bits per heavy atom. The summed E-state index contributed by atoms with van der Waals surface area (Å²) in [4.78, 5) is 0. The van der Waals surface area contributed by atoms with Crippen molar-refractivity contribution in [2.75, 3.05) is 12.4 Å². The largest absolute Gasteiger partial charge is 0.378 e. The van der Waals surface area contributed by atoms with Gasteiger partial charge in [-0.1, -0.05) is 27.2 Å². The zero-order valence-corrected chi connectivity index (χ0v) is 10.3. The number of hydrogen-bond acceptors (Lipinski definition) is 2. The molecule has 0 spiro atoms. The second-order valence-corrected chi connectivity index (χ2v) is 4.48. The highest BCUT2D eigenvalue weighted by atomic mass is 32.1. The molecule has 0 amide bonds. The molecule has 2 heteroatoms. The molecule has 0 bridgehead atoms. The van der Waals surface area contributed by atoms with Crippen LogP contribution >= 0.6 is 12.6 Å². The molecule has 0 aliphatic carbocycles. The van der Waals surface area contributed by atoms with Crippen molar-refractivity contribution in [2.24, 2.45) is 11.8 Å². The lowest BCUT2D eigenvalue weighted by molar-refractivity contribution is 0.0302. The number of rotatable bonds is 7. The Hall–Kier alpha value is 0.310. The van der Waals surface area contributed by atoms with E-state index in [1.54, 1.807) is 0 Å². The van der Waals surface area contributed by atoms with E-state index in [2.05, 4.69) is 40.3 Å². The van der Waals surface area contributed by atoms with E-state index in [1.807, 2.05) is 0 Å². The minimum atomic E-state index is 0.408. The number of ether oxygens (including phenoxy) is 1. The van der Waals surface area contributed by atoms with Gasteiger partial charge in [0.05, 0.1) is 12.7 Å². The van der Waals surface area contributed by atoms with Crippen molar-refractivity contribution >= 4 is 12.6 Å². The molecule has 1 nitrogen and oxygen atoms in total. The molecule has 0 fully saturated rings. The van der Waals surface area contributed by atoms with Gasteiger partial charge in [-0.2, -0.15) is 12.6 Å². The van der Waals surface area contributed by atoms with E-state index in [0.29, 0.717) is 17.9 Å². The first-order valence-electron chi connectivity index (χ1n) is 5.34. The highest BCUT2D eigenvalue weighted by Crippen LogP contribution is 2.14. The molecule has 0 aromatic heterocycles. The van der Waals surface area contributed by atoms with Crippen molar-refractivity contribution in [1.82, 2.24) is 0 Å². The van der Waals surface area contributed by atoms with E-state index >= 15 is 0 Å². The first-order chi connectivity index (χ1) is 6.11. The zero-order chi connectivity index (χ0) is 10.3. The Morgan fingerprint density at radius 3 is 2.23 bits per heavy atom. The summed E-state index contributed by atoms with van der Waals surface area (Å²) in [5.74, 6) is 2.20. The van der Waals surface area contributed by atoms with Crippen molar-refractivity contribution in [3.63, 3.8) is 0 Å². The molecule has 80 valence electrons. The third kappa shape index (κ3) is 6.39. The molecule has 0 saturated carbocycles. The molecule has 2 atom stereocenters. The molecule has 0 rings (SSSR count). The highest BCUT2D eigenvalue weighted by molar-refractivity contribution is 7.80. The maximum absolute atomic E-state index is 5.75. The SMILES string of the molecule is CCCC(C)OCC(CS)C(C)C. The monoisotopic (exact) mass is 204 g/mol. The van der Waals surface area contributed by atoms with Crippen LogP contribution in [0.5, 0.6) is 0 Å². The van der Waals surface area contributed by atoms with Gasteiger partial charge >= 0.3 is 0 Å². The molecule has 0 heterocycles. The average Bonchev–Trinajstić information content (AvgIpc) is 2.05. The van der Waals surface area contributed by atoms with Crippen LogP contribution < -0.4 is 0 Å². The predicted molar refractivity (Wildman–Crippen MR) is 62.5 cm³/mol. The first kappa shape index (κ1) is 13.3. The Balaban J connectivity index is 3.59. The Labute approximate surface area is 88.7 Å². The third-order valence-electron chi connectivity index (χ3n) is 2.47. The molecule has 0 N–H and O–H groups in total.